The predicted molar refractivity (Wildman–Crippen MR) is 70.8 cm³/mol. The average molecular weight is 223 g/mol. The van der Waals surface area contributed by atoms with Gasteiger partial charge in [-0.05, 0) is 18.9 Å². The molecular formula is C13H25N3. The van der Waals surface area contributed by atoms with Gasteiger partial charge in [-0.3, -0.25) is 9.89 Å². The number of hydrogen-bond acceptors (Lipinski definition) is 3. The van der Waals surface area contributed by atoms with Crippen molar-refractivity contribution in [3.8, 4) is 0 Å². The van der Waals surface area contributed by atoms with E-state index in [1.54, 1.807) is 0 Å². The van der Waals surface area contributed by atoms with Crippen LogP contribution in [0.15, 0.2) is 17.1 Å². The summed E-state index contributed by atoms with van der Waals surface area (Å²) in [5.74, 6) is 0. The molecule has 0 aliphatic carbocycles. The fourth-order valence-electron chi connectivity index (χ4n) is 1.93. The maximum absolute atomic E-state index is 5.56. The molecule has 1 aliphatic heterocycles. The van der Waals surface area contributed by atoms with Crippen LogP contribution in [0, 0.1) is 0 Å². The van der Waals surface area contributed by atoms with Crippen molar-refractivity contribution in [3.05, 3.63) is 12.2 Å². The van der Waals surface area contributed by atoms with E-state index in [0.29, 0.717) is 6.54 Å². The first-order chi connectivity index (χ1) is 7.88. The van der Waals surface area contributed by atoms with Crippen LogP contribution in [0.25, 0.3) is 0 Å². The first-order valence-electron chi connectivity index (χ1n) is 6.51. The molecule has 0 amide bonds. The van der Waals surface area contributed by atoms with E-state index in [-0.39, 0.29) is 6.17 Å². The van der Waals surface area contributed by atoms with Crippen molar-refractivity contribution in [2.45, 2.75) is 45.2 Å². The molecule has 3 heteroatoms. The lowest BCUT2D eigenvalue weighted by atomic mass is 10.1. The van der Waals surface area contributed by atoms with Gasteiger partial charge in [0.05, 0.1) is 0 Å². The molecule has 0 saturated carbocycles. The summed E-state index contributed by atoms with van der Waals surface area (Å²) in [5, 5.41) is 0. The van der Waals surface area contributed by atoms with Gasteiger partial charge in [0.15, 0.2) is 0 Å². The number of aliphatic imine (C=N–C) groups is 1. The normalized spacial score (nSPS) is 21.2. The molecule has 0 spiro atoms. The Morgan fingerprint density at radius 1 is 1.44 bits per heavy atom. The zero-order chi connectivity index (χ0) is 11.6. The molecule has 1 heterocycles. The third kappa shape index (κ3) is 4.90. The maximum atomic E-state index is 5.56. The smallest absolute Gasteiger partial charge is 0.121 e. The van der Waals surface area contributed by atoms with Gasteiger partial charge < -0.3 is 5.73 Å². The average Bonchev–Trinajstić information content (AvgIpc) is 2.72. The van der Waals surface area contributed by atoms with Crippen LogP contribution >= 0.6 is 0 Å². The van der Waals surface area contributed by atoms with Crippen LogP contribution in [0.4, 0.5) is 0 Å². The minimum atomic E-state index is 0.245. The van der Waals surface area contributed by atoms with Crippen LogP contribution in [-0.4, -0.2) is 36.9 Å². The third-order valence-corrected chi connectivity index (χ3v) is 2.90. The standard InChI is InChI=1S/C13H25N3/c1-2-3-4-5-6-7-8-13-15-10-12-16(13)11-9-14/h7-8,10,13H,2-6,9,11-12,14H2,1H3/b8-7+. The molecule has 0 bridgehead atoms. The summed E-state index contributed by atoms with van der Waals surface area (Å²) in [4.78, 5) is 6.72. The minimum Gasteiger partial charge on any atom is -0.329 e. The molecule has 0 radical (unpaired) electrons. The summed E-state index contributed by atoms with van der Waals surface area (Å²) < 4.78 is 0. The molecule has 3 nitrogen and oxygen atoms in total. The topological polar surface area (TPSA) is 41.6 Å². The van der Waals surface area contributed by atoms with Gasteiger partial charge in [-0.2, -0.15) is 0 Å². The van der Waals surface area contributed by atoms with E-state index < -0.39 is 0 Å². The van der Waals surface area contributed by atoms with Gasteiger partial charge in [0.1, 0.15) is 6.17 Å². The summed E-state index contributed by atoms with van der Waals surface area (Å²) in [5.41, 5.74) is 5.56. The van der Waals surface area contributed by atoms with Crippen molar-refractivity contribution in [1.29, 1.82) is 0 Å². The van der Waals surface area contributed by atoms with Crippen molar-refractivity contribution in [2.24, 2.45) is 10.7 Å². The first kappa shape index (κ1) is 13.4. The monoisotopic (exact) mass is 223 g/mol. The molecule has 1 aliphatic rings. The molecule has 0 saturated heterocycles. The Balaban J connectivity index is 2.14. The van der Waals surface area contributed by atoms with Crippen LogP contribution in [0.3, 0.4) is 0 Å². The highest BCUT2D eigenvalue weighted by Crippen LogP contribution is 2.09. The number of nitrogens with zero attached hydrogens (tertiary/aromatic N) is 2. The van der Waals surface area contributed by atoms with Crippen LogP contribution < -0.4 is 5.73 Å². The van der Waals surface area contributed by atoms with E-state index in [1.807, 2.05) is 6.21 Å². The predicted octanol–water partition coefficient (Wildman–Crippen LogP) is 2.18. The molecule has 1 unspecified atom stereocenters. The van der Waals surface area contributed by atoms with Gasteiger partial charge in [0, 0.05) is 25.8 Å². The number of nitrogens with two attached hydrogens (primary N) is 1. The molecule has 0 aromatic heterocycles. The highest BCUT2D eigenvalue weighted by atomic mass is 15.3. The highest BCUT2D eigenvalue weighted by molar-refractivity contribution is 5.62. The number of hydrogen-bond donors (Lipinski definition) is 1. The van der Waals surface area contributed by atoms with Crippen LogP contribution in [0.1, 0.15) is 39.0 Å². The Hall–Kier alpha value is -0.670. The first-order valence-corrected chi connectivity index (χ1v) is 6.51. The highest BCUT2D eigenvalue weighted by Gasteiger charge is 2.16. The lowest BCUT2D eigenvalue weighted by Crippen LogP contribution is -2.33. The van der Waals surface area contributed by atoms with Crippen LogP contribution in [-0.2, 0) is 0 Å². The summed E-state index contributed by atoms with van der Waals surface area (Å²) in [6.45, 7) is 4.84. The van der Waals surface area contributed by atoms with Gasteiger partial charge in [0.2, 0.25) is 0 Å². The number of unbranched alkanes of at least 4 members (excludes halogenated alkanes) is 4. The molecule has 0 fully saturated rings. The number of rotatable bonds is 8. The van der Waals surface area contributed by atoms with E-state index in [9.17, 15) is 0 Å². The third-order valence-electron chi connectivity index (χ3n) is 2.90. The Bertz CT molecular complexity index is 223. The van der Waals surface area contributed by atoms with Gasteiger partial charge in [-0.1, -0.05) is 32.3 Å². The lowest BCUT2D eigenvalue weighted by Gasteiger charge is -2.18. The molecule has 16 heavy (non-hydrogen) atoms. The molecule has 1 atom stereocenters. The van der Waals surface area contributed by atoms with E-state index in [1.165, 1.54) is 32.1 Å². The van der Waals surface area contributed by atoms with Crippen molar-refractivity contribution >= 4 is 6.21 Å². The Morgan fingerprint density at radius 2 is 2.31 bits per heavy atom. The van der Waals surface area contributed by atoms with E-state index in [0.717, 1.165) is 13.1 Å². The van der Waals surface area contributed by atoms with Crippen molar-refractivity contribution < 1.29 is 0 Å². The largest absolute Gasteiger partial charge is 0.329 e. The molecule has 0 aromatic rings. The summed E-state index contributed by atoms with van der Waals surface area (Å²) >= 11 is 0. The summed E-state index contributed by atoms with van der Waals surface area (Å²) in [6, 6.07) is 0. The Kier molecular flexibility index (Phi) is 7.10. The van der Waals surface area contributed by atoms with Gasteiger partial charge in [0.25, 0.3) is 0 Å². The summed E-state index contributed by atoms with van der Waals surface area (Å²) in [7, 11) is 0. The molecule has 0 aromatic carbocycles. The molecule has 2 N–H and O–H groups in total. The second-order valence-electron chi connectivity index (χ2n) is 4.31. The fraction of sp³-hybridized carbons (Fsp3) is 0.769. The zero-order valence-electron chi connectivity index (χ0n) is 10.4. The molecule has 1 rings (SSSR count). The van der Waals surface area contributed by atoms with Crippen molar-refractivity contribution in [3.63, 3.8) is 0 Å². The van der Waals surface area contributed by atoms with E-state index in [4.69, 9.17) is 5.73 Å². The lowest BCUT2D eigenvalue weighted by molar-refractivity contribution is 0.297. The van der Waals surface area contributed by atoms with Crippen LogP contribution in [0.5, 0.6) is 0 Å². The SMILES string of the molecule is CCCCCC/C=C/C1N=CCN1CCN. The van der Waals surface area contributed by atoms with E-state index in [2.05, 4.69) is 29.0 Å². The van der Waals surface area contributed by atoms with Crippen molar-refractivity contribution in [2.75, 3.05) is 19.6 Å². The molecule has 92 valence electrons. The number of allylic oxidation sites excluding steroid dienone is 1. The Labute approximate surface area is 99.4 Å². The Morgan fingerprint density at radius 3 is 3.06 bits per heavy atom. The zero-order valence-corrected chi connectivity index (χ0v) is 10.4. The van der Waals surface area contributed by atoms with E-state index >= 15 is 0 Å². The quantitative estimate of drug-likeness (QED) is 0.506. The second-order valence-corrected chi connectivity index (χ2v) is 4.31. The van der Waals surface area contributed by atoms with Crippen molar-refractivity contribution in [1.82, 2.24) is 4.90 Å². The maximum Gasteiger partial charge on any atom is 0.121 e. The second kappa shape index (κ2) is 8.48. The minimum absolute atomic E-state index is 0.245. The summed E-state index contributed by atoms with van der Waals surface area (Å²) in [6.07, 6.45) is 13.2. The van der Waals surface area contributed by atoms with Gasteiger partial charge in [-0.25, -0.2) is 0 Å². The fourth-order valence-corrected chi connectivity index (χ4v) is 1.93. The van der Waals surface area contributed by atoms with Gasteiger partial charge >= 0.3 is 0 Å². The van der Waals surface area contributed by atoms with Crippen LogP contribution in [0.2, 0.25) is 0 Å². The van der Waals surface area contributed by atoms with Gasteiger partial charge in [-0.15, -0.1) is 0 Å². The molecular weight excluding hydrogens is 198 g/mol.